The first-order chi connectivity index (χ1) is 11.0. The fourth-order valence-electron chi connectivity index (χ4n) is 2.98. The van der Waals surface area contributed by atoms with Gasteiger partial charge >= 0.3 is 5.97 Å². The summed E-state index contributed by atoms with van der Waals surface area (Å²) < 4.78 is 5.04. The molecule has 0 radical (unpaired) electrons. The maximum atomic E-state index is 12.2. The number of amides is 1. The summed E-state index contributed by atoms with van der Waals surface area (Å²) >= 11 is 1.36. The van der Waals surface area contributed by atoms with Gasteiger partial charge in [-0.05, 0) is 44.6 Å². The number of piperidine rings is 1. The highest BCUT2D eigenvalue weighted by Gasteiger charge is 2.29. The molecule has 1 fully saturated rings. The summed E-state index contributed by atoms with van der Waals surface area (Å²) in [5, 5.41) is 1.82. The molecule has 0 aliphatic carbocycles. The molecule has 2 heterocycles. The lowest BCUT2D eigenvalue weighted by Crippen LogP contribution is -2.49. The molecule has 1 aliphatic rings. The van der Waals surface area contributed by atoms with E-state index >= 15 is 0 Å². The topological polar surface area (TPSA) is 63.7 Å². The van der Waals surface area contributed by atoms with E-state index in [1.807, 2.05) is 24.1 Å². The van der Waals surface area contributed by atoms with Crippen molar-refractivity contribution in [3.05, 3.63) is 22.4 Å². The smallest absolute Gasteiger partial charge is 0.306 e. The summed E-state index contributed by atoms with van der Waals surface area (Å²) in [4.78, 5) is 38.2. The van der Waals surface area contributed by atoms with Crippen molar-refractivity contribution in [2.24, 2.45) is 0 Å². The number of hydrogen-bond acceptors (Lipinski definition) is 5. The van der Waals surface area contributed by atoms with E-state index in [0.29, 0.717) is 4.88 Å². The van der Waals surface area contributed by atoms with E-state index in [0.717, 1.165) is 19.3 Å². The first-order valence-corrected chi connectivity index (χ1v) is 8.90. The summed E-state index contributed by atoms with van der Waals surface area (Å²) in [7, 11) is 0. The zero-order chi connectivity index (χ0) is 16.8. The van der Waals surface area contributed by atoms with Crippen LogP contribution in [0.3, 0.4) is 0 Å². The van der Waals surface area contributed by atoms with E-state index < -0.39 is 5.97 Å². The van der Waals surface area contributed by atoms with E-state index in [1.54, 1.807) is 12.1 Å². The van der Waals surface area contributed by atoms with Gasteiger partial charge in [0.1, 0.15) is 0 Å². The van der Waals surface area contributed by atoms with Crippen LogP contribution in [0.4, 0.5) is 0 Å². The third-order valence-corrected chi connectivity index (χ3v) is 5.10. The van der Waals surface area contributed by atoms with Crippen LogP contribution in [0, 0.1) is 0 Å². The van der Waals surface area contributed by atoms with Gasteiger partial charge in [0.15, 0.2) is 12.4 Å². The van der Waals surface area contributed by atoms with Crippen molar-refractivity contribution in [2.75, 3.05) is 6.61 Å². The summed E-state index contributed by atoms with van der Waals surface area (Å²) in [6.45, 7) is 3.81. The molecule has 0 unspecified atom stereocenters. The second kappa shape index (κ2) is 8.24. The van der Waals surface area contributed by atoms with Crippen LogP contribution in [0.15, 0.2) is 17.5 Å². The van der Waals surface area contributed by atoms with Gasteiger partial charge in [-0.3, -0.25) is 14.4 Å². The Kier molecular flexibility index (Phi) is 6.33. The standard InChI is InChI=1S/C17H23NO4S/c1-12-5-3-6-13(2)18(12)16(20)11-22-17(21)9-8-14(19)15-7-4-10-23-15/h4,7,10,12-13H,3,5-6,8-9,11H2,1-2H3/t12-,13-/m1/s1. The molecule has 1 saturated heterocycles. The van der Waals surface area contributed by atoms with Crippen molar-refractivity contribution >= 4 is 29.0 Å². The minimum absolute atomic E-state index is 0.00905. The fraction of sp³-hybridized carbons (Fsp3) is 0.588. The maximum Gasteiger partial charge on any atom is 0.306 e. The molecule has 0 aromatic carbocycles. The van der Waals surface area contributed by atoms with E-state index in [4.69, 9.17) is 4.74 Å². The Balaban J connectivity index is 1.73. The van der Waals surface area contributed by atoms with Gasteiger partial charge in [0.05, 0.1) is 11.3 Å². The van der Waals surface area contributed by atoms with Crippen LogP contribution in [0.1, 0.15) is 55.6 Å². The zero-order valence-corrected chi connectivity index (χ0v) is 14.4. The number of hydrogen-bond donors (Lipinski definition) is 0. The number of carbonyl (C=O) groups is 3. The number of rotatable bonds is 6. The molecule has 6 heteroatoms. The number of thiophene rings is 1. The molecule has 5 nitrogen and oxygen atoms in total. The Hall–Kier alpha value is -1.69. The largest absolute Gasteiger partial charge is 0.456 e. The molecule has 0 N–H and O–H groups in total. The lowest BCUT2D eigenvalue weighted by Gasteiger charge is -2.38. The average Bonchev–Trinajstić information content (AvgIpc) is 3.05. The molecule has 0 bridgehead atoms. The Morgan fingerprint density at radius 3 is 2.52 bits per heavy atom. The molecule has 1 aliphatic heterocycles. The van der Waals surface area contributed by atoms with Crippen LogP contribution in [-0.4, -0.2) is 41.3 Å². The van der Waals surface area contributed by atoms with Crippen LogP contribution in [-0.2, 0) is 14.3 Å². The number of esters is 1. The van der Waals surface area contributed by atoms with Crippen LogP contribution >= 0.6 is 11.3 Å². The van der Waals surface area contributed by atoms with Gasteiger partial charge in [0.25, 0.3) is 5.91 Å². The van der Waals surface area contributed by atoms with E-state index in [2.05, 4.69) is 0 Å². The quantitative estimate of drug-likeness (QED) is 0.591. The minimum atomic E-state index is -0.499. The molecule has 126 valence electrons. The van der Waals surface area contributed by atoms with Crippen molar-refractivity contribution in [1.82, 2.24) is 4.90 Å². The van der Waals surface area contributed by atoms with Gasteiger partial charge in [-0.25, -0.2) is 0 Å². The number of likely N-dealkylation sites (tertiary alicyclic amines) is 1. The molecule has 23 heavy (non-hydrogen) atoms. The second-order valence-corrected chi connectivity index (χ2v) is 6.94. The predicted octanol–water partition coefficient (Wildman–Crippen LogP) is 3.04. The molecule has 0 spiro atoms. The molecule has 2 rings (SSSR count). The lowest BCUT2D eigenvalue weighted by atomic mass is 9.97. The van der Waals surface area contributed by atoms with Crippen LogP contribution in [0.2, 0.25) is 0 Å². The van der Waals surface area contributed by atoms with E-state index in [9.17, 15) is 14.4 Å². The van der Waals surface area contributed by atoms with Crippen molar-refractivity contribution in [3.8, 4) is 0 Å². The number of Topliss-reactive ketones (excluding diaryl/α,β-unsaturated/α-hetero) is 1. The first-order valence-electron chi connectivity index (χ1n) is 8.02. The summed E-state index contributed by atoms with van der Waals surface area (Å²) in [6.07, 6.45) is 3.22. The van der Waals surface area contributed by atoms with Gasteiger partial charge in [0.2, 0.25) is 0 Å². The first kappa shape index (κ1) is 17.7. The Labute approximate surface area is 140 Å². The van der Waals surface area contributed by atoms with Crippen molar-refractivity contribution in [2.45, 2.75) is 58.0 Å². The molecule has 1 aromatic rings. The van der Waals surface area contributed by atoms with Crippen LogP contribution < -0.4 is 0 Å². The van der Waals surface area contributed by atoms with Crippen LogP contribution in [0.5, 0.6) is 0 Å². The third-order valence-electron chi connectivity index (χ3n) is 4.19. The highest BCUT2D eigenvalue weighted by Crippen LogP contribution is 2.22. The zero-order valence-electron chi connectivity index (χ0n) is 13.6. The number of ether oxygens (including phenoxy) is 1. The SMILES string of the molecule is C[C@@H]1CCC[C@@H](C)N1C(=O)COC(=O)CCC(=O)c1cccs1. The monoisotopic (exact) mass is 337 g/mol. The highest BCUT2D eigenvalue weighted by atomic mass is 32.1. The Morgan fingerprint density at radius 2 is 1.91 bits per heavy atom. The number of nitrogens with zero attached hydrogens (tertiary/aromatic N) is 1. The molecular weight excluding hydrogens is 314 g/mol. The highest BCUT2D eigenvalue weighted by molar-refractivity contribution is 7.12. The third kappa shape index (κ3) is 4.89. The summed E-state index contributed by atoms with van der Waals surface area (Å²) in [5.74, 6) is -0.718. The van der Waals surface area contributed by atoms with Crippen molar-refractivity contribution in [1.29, 1.82) is 0 Å². The van der Waals surface area contributed by atoms with Gasteiger partial charge in [-0.15, -0.1) is 11.3 Å². The van der Waals surface area contributed by atoms with Gasteiger partial charge in [0, 0.05) is 18.5 Å². The normalized spacial score (nSPS) is 21.0. The molecule has 1 aromatic heterocycles. The van der Waals surface area contributed by atoms with Crippen LogP contribution in [0.25, 0.3) is 0 Å². The van der Waals surface area contributed by atoms with Crippen molar-refractivity contribution in [3.63, 3.8) is 0 Å². The molecular formula is C17H23NO4S. The Bertz CT molecular complexity index is 545. The predicted molar refractivity (Wildman–Crippen MR) is 88.5 cm³/mol. The van der Waals surface area contributed by atoms with Crippen molar-refractivity contribution < 1.29 is 19.1 Å². The average molecular weight is 337 g/mol. The lowest BCUT2D eigenvalue weighted by molar-refractivity contribution is -0.154. The van der Waals surface area contributed by atoms with Gasteiger partial charge in [-0.1, -0.05) is 6.07 Å². The molecule has 2 atom stereocenters. The molecule has 0 saturated carbocycles. The number of carbonyl (C=O) groups excluding carboxylic acids is 3. The summed E-state index contributed by atoms with van der Waals surface area (Å²) in [6, 6.07) is 3.91. The number of ketones is 1. The van der Waals surface area contributed by atoms with E-state index in [-0.39, 0.29) is 43.2 Å². The maximum absolute atomic E-state index is 12.2. The van der Waals surface area contributed by atoms with Gasteiger partial charge in [-0.2, -0.15) is 0 Å². The van der Waals surface area contributed by atoms with E-state index in [1.165, 1.54) is 11.3 Å². The minimum Gasteiger partial charge on any atom is -0.456 e. The summed E-state index contributed by atoms with van der Waals surface area (Å²) in [5.41, 5.74) is 0. The Morgan fingerprint density at radius 1 is 1.22 bits per heavy atom. The second-order valence-electron chi connectivity index (χ2n) is 5.99. The van der Waals surface area contributed by atoms with Gasteiger partial charge < -0.3 is 9.64 Å². The molecule has 1 amide bonds. The fourth-order valence-corrected chi connectivity index (χ4v) is 3.67.